The lowest BCUT2D eigenvalue weighted by molar-refractivity contribution is -0.140. The Morgan fingerprint density at radius 2 is 2.04 bits per heavy atom. The van der Waals surface area contributed by atoms with Crippen LogP contribution in [0.1, 0.15) is 28.3 Å². The maximum atomic E-state index is 13.0. The lowest BCUT2D eigenvalue weighted by Crippen LogP contribution is -2.45. The Bertz CT molecular complexity index is 878. The highest BCUT2D eigenvalue weighted by atomic mass is 32.1. The molecule has 1 fully saturated rings. The minimum Gasteiger partial charge on any atom is -0.339 e. The third-order valence-electron chi connectivity index (χ3n) is 5.38. The van der Waals surface area contributed by atoms with Gasteiger partial charge in [-0.2, -0.15) is 0 Å². The highest BCUT2D eigenvalue weighted by Gasteiger charge is 2.31. The molecule has 0 spiro atoms. The molecule has 2 aromatic rings. The zero-order valence-electron chi connectivity index (χ0n) is 15.4. The van der Waals surface area contributed by atoms with Crippen LogP contribution in [0.15, 0.2) is 24.1 Å². The normalized spacial score (nSPS) is 17.7. The molecule has 0 aromatic carbocycles. The van der Waals surface area contributed by atoms with Gasteiger partial charge in [-0.25, -0.2) is 4.98 Å². The van der Waals surface area contributed by atoms with Gasteiger partial charge in [-0.1, -0.05) is 6.58 Å². The number of amides is 2. The van der Waals surface area contributed by atoms with Gasteiger partial charge < -0.3 is 9.80 Å². The predicted molar refractivity (Wildman–Crippen MR) is 109 cm³/mol. The summed E-state index contributed by atoms with van der Waals surface area (Å²) < 4.78 is 0. The summed E-state index contributed by atoms with van der Waals surface area (Å²) in [5, 5.41) is 3.18. The average molecular weight is 402 g/mol. The van der Waals surface area contributed by atoms with Crippen LogP contribution in [-0.4, -0.2) is 46.2 Å². The molecular weight excluding hydrogens is 378 g/mol. The Morgan fingerprint density at radius 3 is 2.70 bits per heavy atom. The van der Waals surface area contributed by atoms with Crippen molar-refractivity contribution in [1.29, 1.82) is 0 Å². The molecule has 5 nitrogen and oxygen atoms in total. The van der Waals surface area contributed by atoms with Crippen molar-refractivity contribution in [2.45, 2.75) is 32.7 Å². The fraction of sp³-hybridized carbons (Fsp3) is 0.450. The Hall–Kier alpha value is -1.99. The topological polar surface area (TPSA) is 53.5 Å². The zero-order valence-corrected chi connectivity index (χ0v) is 17.1. The molecule has 2 aliphatic rings. The molecule has 27 heavy (non-hydrogen) atoms. The van der Waals surface area contributed by atoms with Gasteiger partial charge >= 0.3 is 0 Å². The molecule has 1 saturated heterocycles. The largest absolute Gasteiger partial charge is 0.339 e. The number of aromatic nitrogens is 1. The number of rotatable bonds is 3. The monoisotopic (exact) mass is 401 g/mol. The van der Waals surface area contributed by atoms with Gasteiger partial charge in [0.25, 0.3) is 0 Å². The van der Waals surface area contributed by atoms with Crippen LogP contribution >= 0.6 is 22.7 Å². The number of thiophene rings is 1. The summed E-state index contributed by atoms with van der Waals surface area (Å²) in [7, 11) is 0. The summed E-state index contributed by atoms with van der Waals surface area (Å²) in [5.74, 6) is 0.231. The Balaban J connectivity index is 1.41. The summed E-state index contributed by atoms with van der Waals surface area (Å²) in [6.07, 6.45) is 3.76. The number of carbonyl (C=O) groups excluding carboxylic acids is 2. The van der Waals surface area contributed by atoms with Crippen molar-refractivity contribution in [3.05, 3.63) is 39.5 Å². The van der Waals surface area contributed by atoms with Crippen LogP contribution in [0.4, 0.5) is 0 Å². The van der Waals surface area contributed by atoms with Crippen molar-refractivity contribution in [3.63, 3.8) is 0 Å². The van der Waals surface area contributed by atoms with Crippen LogP contribution in [0.5, 0.6) is 0 Å². The van der Waals surface area contributed by atoms with Crippen molar-refractivity contribution in [1.82, 2.24) is 14.8 Å². The van der Waals surface area contributed by atoms with Crippen molar-refractivity contribution in [2.75, 3.05) is 19.6 Å². The summed E-state index contributed by atoms with van der Waals surface area (Å²) in [6.45, 7) is 8.33. The first-order valence-electron chi connectivity index (χ1n) is 9.29. The summed E-state index contributed by atoms with van der Waals surface area (Å²) in [4.78, 5) is 35.7. The maximum absolute atomic E-state index is 13.0. The molecule has 0 N–H and O–H groups in total. The number of aryl methyl sites for hydroxylation is 1. The minimum absolute atomic E-state index is 0.0275. The number of thiazole rings is 1. The average Bonchev–Trinajstić information content (AvgIpc) is 3.32. The van der Waals surface area contributed by atoms with Crippen LogP contribution in [0, 0.1) is 12.8 Å². The highest BCUT2D eigenvalue weighted by Crippen LogP contribution is 2.35. The quantitative estimate of drug-likeness (QED) is 0.740. The van der Waals surface area contributed by atoms with E-state index in [0.29, 0.717) is 19.6 Å². The van der Waals surface area contributed by atoms with Crippen LogP contribution in [0.25, 0.3) is 10.6 Å². The van der Waals surface area contributed by atoms with Gasteiger partial charge in [0.05, 0.1) is 15.6 Å². The van der Waals surface area contributed by atoms with E-state index in [1.54, 1.807) is 16.2 Å². The molecular formula is C20H23N3O2S2. The molecule has 4 heterocycles. The van der Waals surface area contributed by atoms with Crippen LogP contribution in [0.2, 0.25) is 0 Å². The Morgan fingerprint density at radius 1 is 1.26 bits per heavy atom. The number of piperidine rings is 1. The molecule has 4 rings (SSSR count). The molecule has 0 radical (unpaired) electrons. The van der Waals surface area contributed by atoms with E-state index in [9.17, 15) is 9.59 Å². The second-order valence-corrected chi connectivity index (χ2v) is 9.32. The molecule has 0 saturated carbocycles. The molecule has 7 heteroatoms. The second-order valence-electron chi connectivity index (χ2n) is 7.12. The van der Waals surface area contributed by atoms with E-state index in [1.165, 1.54) is 21.4 Å². The number of nitrogens with zero attached hydrogens (tertiary/aromatic N) is 3. The van der Waals surface area contributed by atoms with Gasteiger partial charge in [0.15, 0.2) is 0 Å². The van der Waals surface area contributed by atoms with Crippen molar-refractivity contribution in [3.8, 4) is 10.6 Å². The molecule has 0 bridgehead atoms. The lowest BCUT2D eigenvalue weighted by Gasteiger charge is -2.35. The maximum Gasteiger partial charge on any atom is 0.245 e. The summed E-state index contributed by atoms with van der Waals surface area (Å²) >= 11 is 3.48. The fourth-order valence-corrected chi connectivity index (χ4v) is 5.67. The Labute approximate surface area is 167 Å². The minimum atomic E-state index is -0.0356. The van der Waals surface area contributed by atoms with Gasteiger partial charge in [0, 0.05) is 42.4 Å². The van der Waals surface area contributed by atoms with Crippen molar-refractivity contribution >= 4 is 34.5 Å². The van der Waals surface area contributed by atoms with Crippen LogP contribution < -0.4 is 0 Å². The molecule has 2 aliphatic heterocycles. The lowest BCUT2D eigenvalue weighted by atomic mass is 9.94. The van der Waals surface area contributed by atoms with Crippen LogP contribution in [0.3, 0.4) is 0 Å². The zero-order chi connectivity index (χ0) is 19.0. The first kappa shape index (κ1) is 18.4. The molecule has 2 amide bonds. The van der Waals surface area contributed by atoms with E-state index in [4.69, 9.17) is 0 Å². The summed E-state index contributed by atoms with van der Waals surface area (Å²) in [6, 6.07) is 2.21. The third kappa shape index (κ3) is 3.71. The molecule has 142 valence electrons. The number of hydrogen-bond donors (Lipinski definition) is 0. The fourth-order valence-electron chi connectivity index (χ4n) is 3.86. The third-order valence-corrected chi connectivity index (χ3v) is 7.41. The van der Waals surface area contributed by atoms with E-state index < -0.39 is 0 Å². The molecule has 2 aromatic heterocycles. The van der Waals surface area contributed by atoms with E-state index in [2.05, 4.69) is 23.0 Å². The first-order valence-corrected chi connectivity index (χ1v) is 11.0. The van der Waals surface area contributed by atoms with Crippen molar-refractivity contribution < 1.29 is 9.59 Å². The van der Waals surface area contributed by atoms with Gasteiger partial charge in [0.1, 0.15) is 0 Å². The second kappa shape index (κ2) is 7.56. The van der Waals surface area contributed by atoms with Gasteiger partial charge in [-0.05, 0) is 43.9 Å². The van der Waals surface area contributed by atoms with E-state index in [1.807, 2.05) is 23.2 Å². The van der Waals surface area contributed by atoms with Gasteiger partial charge in [-0.15, -0.1) is 22.7 Å². The van der Waals surface area contributed by atoms with E-state index in [-0.39, 0.29) is 17.7 Å². The summed E-state index contributed by atoms with van der Waals surface area (Å²) in [5.41, 5.74) is 2.31. The molecule has 0 aliphatic carbocycles. The van der Waals surface area contributed by atoms with Gasteiger partial charge in [-0.3, -0.25) is 9.59 Å². The Kier molecular flexibility index (Phi) is 5.14. The van der Waals surface area contributed by atoms with E-state index >= 15 is 0 Å². The molecule has 0 unspecified atom stereocenters. The highest BCUT2D eigenvalue weighted by molar-refractivity contribution is 7.16. The van der Waals surface area contributed by atoms with Gasteiger partial charge in [0.2, 0.25) is 11.8 Å². The standard InChI is InChI=1S/C20H23N3O2S2/c1-3-19(24)22-7-4-14(5-8-22)20(25)23-9-6-17-15(11-23)10-18(27-17)16-12-26-13(2)21-16/h3,10,12,14H,1,4-9,11H2,2H3. The number of likely N-dealkylation sites (tertiary alicyclic amines) is 1. The van der Waals surface area contributed by atoms with Crippen molar-refractivity contribution in [2.24, 2.45) is 5.92 Å². The van der Waals surface area contributed by atoms with E-state index in [0.717, 1.165) is 36.5 Å². The van der Waals surface area contributed by atoms with Crippen LogP contribution in [-0.2, 0) is 22.6 Å². The number of hydrogen-bond acceptors (Lipinski definition) is 5. The number of fused-ring (bicyclic) bond motifs is 1. The first-order chi connectivity index (χ1) is 13.0. The smallest absolute Gasteiger partial charge is 0.245 e. The predicted octanol–water partition coefficient (Wildman–Crippen LogP) is 3.49. The molecule has 0 atom stereocenters. The number of carbonyl (C=O) groups is 2. The SMILES string of the molecule is C=CC(=O)N1CCC(C(=O)N2CCc3sc(-c4csc(C)n4)cc3C2)CC1.